The SMILES string of the molecule is C=C(CNCC1(CC(C)C)CCCC1)c1ccccc1. The van der Waals surface area contributed by atoms with Crippen LogP contribution in [0.1, 0.15) is 51.5 Å². The van der Waals surface area contributed by atoms with E-state index < -0.39 is 0 Å². The summed E-state index contributed by atoms with van der Waals surface area (Å²) in [7, 11) is 0. The molecule has 0 aromatic heterocycles. The predicted octanol–water partition coefficient (Wildman–Crippen LogP) is 4.90. The summed E-state index contributed by atoms with van der Waals surface area (Å²) in [5, 5.41) is 3.67. The Bertz CT molecular complexity index is 413. The predicted molar refractivity (Wildman–Crippen MR) is 88.7 cm³/mol. The molecule has 1 nitrogen and oxygen atoms in total. The van der Waals surface area contributed by atoms with Gasteiger partial charge in [-0.25, -0.2) is 0 Å². The minimum absolute atomic E-state index is 0.547. The highest BCUT2D eigenvalue weighted by Gasteiger charge is 2.33. The Morgan fingerprint density at radius 3 is 2.45 bits per heavy atom. The molecular weight excluding hydrogens is 242 g/mol. The largest absolute Gasteiger partial charge is 0.312 e. The maximum Gasteiger partial charge on any atom is 0.0205 e. The average molecular weight is 271 g/mol. The van der Waals surface area contributed by atoms with E-state index in [1.165, 1.54) is 43.2 Å². The molecule has 1 saturated carbocycles. The summed E-state index contributed by atoms with van der Waals surface area (Å²) in [4.78, 5) is 0. The Balaban J connectivity index is 1.83. The van der Waals surface area contributed by atoms with Crippen LogP contribution in [-0.2, 0) is 0 Å². The van der Waals surface area contributed by atoms with Crippen LogP contribution in [0, 0.1) is 11.3 Å². The van der Waals surface area contributed by atoms with Gasteiger partial charge in [0.2, 0.25) is 0 Å². The highest BCUT2D eigenvalue weighted by atomic mass is 14.9. The van der Waals surface area contributed by atoms with E-state index in [9.17, 15) is 0 Å². The van der Waals surface area contributed by atoms with Gasteiger partial charge in [0.25, 0.3) is 0 Å². The summed E-state index contributed by atoms with van der Waals surface area (Å²) in [5.41, 5.74) is 3.00. The summed E-state index contributed by atoms with van der Waals surface area (Å²) in [5.74, 6) is 0.798. The van der Waals surface area contributed by atoms with Crippen LogP contribution in [0.15, 0.2) is 36.9 Å². The van der Waals surface area contributed by atoms with Crippen molar-refractivity contribution < 1.29 is 0 Å². The maximum absolute atomic E-state index is 4.21. The molecule has 1 aliphatic rings. The Kier molecular flexibility index (Phi) is 5.42. The molecular formula is C19H29N. The lowest BCUT2D eigenvalue weighted by molar-refractivity contribution is 0.227. The van der Waals surface area contributed by atoms with Gasteiger partial charge in [-0.05, 0) is 41.7 Å². The van der Waals surface area contributed by atoms with Gasteiger partial charge < -0.3 is 5.32 Å². The molecule has 0 bridgehead atoms. The van der Waals surface area contributed by atoms with Crippen LogP contribution >= 0.6 is 0 Å². The monoisotopic (exact) mass is 271 g/mol. The van der Waals surface area contributed by atoms with Crippen molar-refractivity contribution in [2.75, 3.05) is 13.1 Å². The van der Waals surface area contributed by atoms with Crippen molar-refractivity contribution in [3.8, 4) is 0 Å². The van der Waals surface area contributed by atoms with Gasteiger partial charge in [0.05, 0.1) is 0 Å². The van der Waals surface area contributed by atoms with Crippen molar-refractivity contribution in [3.63, 3.8) is 0 Å². The first kappa shape index (κ1) is 15.3. The Hall–Kier alpha value is -1.08. The zero-order valence-electron chi connectivity index (χ0n) is 13.1. The fourth-order valence-electron chi connectivity index (χ4n) is 3.70. The Morgan fingerprint density at radius 2 is 1.85 bits per heavy atom. The van der Waals surface area contributed by atoms with E-state index in [0.29, 0.717) is 5.41 Å². The van der Waals surface area contributed by atoms with Gasteiger partial charge in [-0.3, -0.25) is 0 Å². The summed E-state index contributed by atoms with van der Waals surface area (Å²) in [6.45, 7) is 11.0. The minimum Gasteiger partial charge on any atom is -0.312 e. The maximum atomic E-state index is 4.21. The van der Waals surface area contributed by atoms with Crippen LogP contribution in [0.2, 0.25) is 0 Å². The lowest BCUT2D eigenvalue weighted by atomic mass is 9.78. The fraction of sp³-hybridized carbons (Fsp3) is 0.579. The molecule has 0 saturated heterocycles. The molecule has 1 N–H and O–H groups in total. The molecule has 110 valence electrons. The summed E-state index contributed by atoms with van der Waals surface area (Å²) in [6, 6.07) is 10.5. The second kappa shape index (κ2) is 7.08. The lowest BCUT2D eigenvalue weighted by Crippen LogP contribution is -2.34. The summed E-state index contributed by atoms with van der Waals surface area (Å²) < 4.78 is 0. The van der Waals surface area contributed by atoms with Gasteiger partial charge >= 0.3 is 0 Å². The molecule has 0 amide bonds. The van der Waals surface area contributed by atoms with Gasteiger partial charge in [-0.15, -0.1) is 0 Å². The number of hydrogen-bond acceptors (Lipinski definition) is 1. The molecule has 0 spiro atoms. The molecule has 1 aromatic rings. The summed E-state index contributed by atoms with van der Waals surface area (Å²) in [6.07, 6.45) is 6.98. The van der Waals surface area contributed by atoms with Crippen LogP contribution in [0.4, 0.5) is 0 Å². The van der Waals surface area contributed by atoms with Crippen molar-refractivity contribution in [2.24, 2.45) is 11.3 Å². The number of hydrogen-bond donors (Lipinski definition) is 1. The highest BCUT2D eigenvalue weighted by molar-refractivity contribution is 5.64. The zero-order valence-corrected chi connectivity index (χ0v) is 13.1. The minimum atomic E-state index is 0.547. The molecule has 1 aromatic carbocycles. The third-order valence-electron chi connectivity index (χ3n) is 4.53. The van der Waals surface area contributed by atoms with Crippen LogP contribution in [0.25, 0.3) is 5.57 Å². The average Bonchev–Trinajstić information content (AvgIpc) is 2.87. The quantitative estimate of drug-likeness (QED) is 0.744. The van der Waals surface area contributed by atoms with Gasteiger partial charge in [-0.2, -0.15) is 0 Å². The van der Waals surface area contributed by atoms with E-state index in [2.05, 4.69) is 56.1 Å². The molecule has 1 aliphatic carbocycles. The number of nitrogens with one attached hydrogen (secondary N) is 1. The number of benzene rings is 1. The first-order chi connectivity index (χ1) is 9.61. The third kappa shape index (κ3) is 4.21. The van der Waals surface area contributed by atoms with Crippen LogP contribution in [-0.4, -0.2) is 13.1 Å². The Morgan fingerprint density at radius 1 is 1.20 bits per heavy atom. The molecule has 0 atom stereocenters. The fourth-order valence-corrected chi connectivity index (χ4v) is 3.70. The van der Waals surface area contributed by atoms with E-state index in [4.69, 9.17) is 0 Å². The van der Waals surface area contributed by atoms with E-state index >= 15 is 0 Å². The van der Waals surface area contributed by atoms with E-state index in [-0.39, 0.29) is 0 Å². The standard InChI is InChI=1S/C19H29N/c1-16(2)13-19(11-7-8-12-19)15-20-14-17(3)18-9-5-4-6-10-18/h4-6,9-10,16,20H,3,7-8,11-15H2,1-2H3. The summed E-state index contributed by atoms with van der Waals surface area (Å²) >= 11 is 0. The second-order valence-electron chi connectivity index (χ2n) is 6.88. The molecule has 1 fully saturated rings. The molecule has 0 unspecified atom stereocenters. The highest BCUT2D eigenvalue weighted by Crippen LogP contribution is 2.42. The van der Waals surface area contributed by atoms with Crippen molar-refractivity contribution in [2.45, 2.75) is 46.0 Å². The van der Waals surface area contributed by atoms with E-state index in [0.717, 1.165) is 19.0 Å². The van der Waals surface area contributed by atoms with Crippen molar-refractivity contribution in [1.29, 1.82) is 0 Å². The molecule has 0 aliphatic heterocycles. The number of rotatable bonds is 7. The molecule has 0 radical (unpaired) electrons. The van der Waals surface area contributed by atoms with E-state index in [1.807, 2.05) is 0 Å². The Labute approximate surface area is 124 Å². The van der Waals surface area contributed by atoms with Crippen LogP contribution in [0.5, 0.6) is 0 Å². The van der Waals surface area contributed by atoms with Crippen molar-refractivity contribution in [3.05, 3.63) is 42.5 Å². The van der Waals surface area contributed by atoms with Crippen molar-refractivity contribution in [1.82, 2.24) is 5.32 Å². The second-order valence-corrected chi connectivity index (χ2v) is 6.88. The molecule has 1 heteroatoms. The van der Waals surface area contributed by atoms with Gasteiger partial charge in [-0.1, -0.05) is 63.6 Å². The first-order valence-electron chi connectivity index (χ1n) is 8.05. The third-order valence-corrected chi connectivity index (χ3v) is 4.53. The van der Waals surface area contributed by atoms with Gasteiger partial charge in [0.1, 0.15) is 0 Å². The smallest absolute Gasteiger partial charge is 0.0205 e. The topological polar surface area (TPSA) is 12.0 Å². The van der Waals surface area contributed by atoms with Crippen LogP contribution in [0.3, 0.4) is 0 Å². The molecule has 0 heterocycles. The van der Waals surface area contributed by atoms with Crippen LogP contribution < -0.4 is 5.32 Å². The molecule has 2 rings (SSSR count). The molecule has 20 heavy (non-hydrogen) atoms. The van der Waals surface area contributed by atoms with E-state index in [1.54, 1.807) is 0 Å². The van der Waals surface area contributed by atoms with Gasteiger partial charge in [0.15, 0.2) is 0 Å². The van der Waals surface area contributed by atoms with Gasteiger partial charge in [0, 0.05) is 13.1 Å². The normalized spacial score (nSPS) is 17.6. The lowest BCUT2D eigenvalue weighted by Gasteiger charge is -2.31. The zero-order chi connectivity index (χ0) is 14.4. The van der Waals surface area contributed by atoms with Crippen molar-refractivity contribution >= 4 is 5.57 Å². The first-order valence-corrected chi connectivity index (χ1v) is 8.05.